The third-order valence-corrected chi connectivity index (χ3v) is 3.19. The van der Waals surface area contributed by atoms with E-state index in [2.05, 4.69) is 9.72 Å². The van der Waals surface area contributed by atoms with Gasteiger partial charge in [0, 0.05) is 5.56 Å². The zero-order valence-corrected chi connectivity index (χ0v) is 12.3. The zero-order chi connectivity index (χ0) is 18.2. The molecule has 7 nitrogen and oxygen atoms in total. The van der Waals surface area contributed by atoms with Crippen molar-refractivity contribution < 1.29 is 32.2 Å². The number of oxazole rings is 1. The fourth-order valence-electron chi connectivity index (χ4n) is 2.21. The summed E-state index contributed by atoms with van der Waals surface area (Å²) in [7, 11) is 0. The van der Waals surface area contributed by atoms with Crippen LogP contribution in [-0.2, 0) is 11.3 Å². The Morgan fingerprint density at radius 1 is 1.20 bits per heavy atom. The van der Waals surface area contributed by atoms with Gasteiger partial charge in [-0.1, -0.05) is 0 Å². The third kappa shape index (κ3) is 3.62. The molecule has 0 atom stereocenters. The number of nitrogens with zero attached hydrogens (tertiary/aromatic N) is 2. The second kappa shape index (κ2) is 5.96. The summed E-state index contributed by atoms with van der Waals surface area (Å²) in [5, 5.41) is 8.84. The highest BCUT2D eigenvalue weighted by atomic mass is 19.4. The van der Waals surface area contributed by atoms with Gasteiger partial charge in [-0.25, -0.2) is 14.3 Å². The molecule has 3 rings (SSSR count). The van der Waals surface area contributed by atoms with Gasteiger partial charge in [-0.15, -0.1) is 13.2 Å². The molecule has 1 N–H and O–H groups in total. The Morgan fingerprint density at radius 2 is 1.88 bits per heavy atom. The van der Waals surface area contributed by atoms with Gasteiger partial charge in [0.15, 0.2) is 11.2 Å². The predicted octanol–water partition coefficient (Wildman–Crippen LogP) is 2.64. The van der Waals surface area contributed by atoms with Crippen molar-refractivity contribution >= 4 is 17.2 Å². The second-order valence-corrected chi connectivity index (χ2v) is 4.94. The van der Waals surface area contributed by atoms with E-state index >= 15 is 0 Å². The van der Waals surface area contributed by atoms with Crippen LogP contribution >= 0.6 is 0 Å². The van der Waals surface area contributed by atoms with E-state index in [0.717, 1.165) is 16.7 Å². The molecule has 2 aromatic heterocycles. The predicted molar refractivity (Wildman–Crippen MR) is 78.0 cm³/mol. The average Bonchev–Trinajstić information content (AvgIpc) is 2.81. The molecule has 1 aromatic carbocycles. The van der Waals surface area contributed by atoms with Gasteiger partial charge in [0.05, 0.1) is 5.69 Å². The van der Waals surface area contributed by atoms with E-state index in [1.54, 1.807) is 0 Å². The number of alkyl halides is 3. The second-order valence-electron chi connectivity index (χ2n) is 4.94. The van der Waals surface area contributed by atoms with Crippen LogP contribution in [0.4, 0.5) is 13.2 Å². The van der Waals surface area contributed by atoms with Crippen molar-refractivity contribution in [1.82, 2.24) is 9.55 Å². The number of aliphatic carboxylic acids is 1. The van der Waals surface area contributed by atoms with E-state index in [4.69, 9.17) is 9.52 Å². The maximum atomic E-state index is 12.2. The monoisotopic (exact) mass is 354 g/mol. The first-order chi connectivity index (χ1) is 11.7. The quantitative estimate of drug-likeness (QED) is 0.774. The van der Waals surface area contributed by atoms with Crippen LogP contribution in [0.15, 0.2) is 45.6 Å². The number of aromatic nitrogens is 2. The molecule has 0 radical (unpaired) electrons. The van der Waals surface area contributed by atoms with E-state index in [-0.39, 0.29) is 17.0 Å². The van der Waals surface area contributed by atoms with E-state index in [1.165, 1.54) is 24.3 Å². The Morgan fingerprint density at radius 3 is 2.48 bits per heavy atom. The van der Waals surface area contributed by atoms with Crippen LogP contribution in [0.2, 0.25) is 0 Å². The van der Waals surface area contributed by atoms with E-state index < -0.39 is 24.6 Å². The number of carboxylic acids is 1. The van der Waals surface area contributed by atoms with E-state index in [1.807, 2.05) is 0 Å². The molecule has 0 amide bonds. The summed E-state index contributed by atoms with van der Waals surface area (Å²) in [4.78, 5) is 26.7. The Hall–Kier alpha value is -3.30. The molecular weight excluding hydrogens is 345 g/mol. The highest BCUT2D eigenvalue weighted by molar-refractivity contribution is 5.76. The smallest absolute Gasteiger partial charge is 0.480 e. The number of carbonyl (C=O) groups is 1. The summed E-state index contributed by atoms with van der Waals surface area (Å²) >= 11 is 0. The zero-order valence-electron chi connectivity index (χ0n) is 12.3. The Bertz CT molecular complexity index is 989. The average molecular weight is 354 g/mol. The van der Waals surface area contributed by atoms with Crippen molar-refractivity contribution in [3.05, 3.63) is 46.9 Å². The molecule has 0 unspecified atom stereocenters. The number of rotatable bonds is 4. The Balaban J connectivity index is 1.98. The minimum absolute atomic E-state index is 0.0283. The van der Waals surface area contributed by atoms with Gasteiger partial charge in [-0.05, 0) is 36.4 Å². The highest BCUT2D eigenvalue weighted by Crippen LogP contribution is 2.26. The van der Waals surface area contributed by atoms with E-state index in [0.29, 0.717) is 11.3 Å². The topological polar surface area (TPSA) is 94.6 Å². The van der Waals surface area contributed by atoms with Crippen molar-refractivity contribution in [2.75, 3.05) is 0 Å². The van der Waals surface area contributed by atoms with Crippen LogP contribution in [-0.4, -0.2) is 27.0 Å². The van der Waals surface area contributed by atoms with Gasteiger partial charge in [0.1, 0.15) is 12.3 Å². The number of fused-ring (bicyclic) bond motifs is 1. The van der Waals surface area contributed by atoms with Crippen LogP contribution < -0.4 is 10.5 Å². The maximum Gasteiger partial charge on any atom is 0.573 e. The van der Waals surface area contributed by atoms with Crippen molar-refractivity contribution in [2.24, 2.45) is 0 Å². The lowest BCUT2D eigenvalue weighted by Crippen LogP contribution is -2.20. The van der Waals surface area contributed by atoms with Gasteiger partial charge in [0.2, 0.25) is 0 Å². The summed E-state index contributed by atoms with van der Waals surface area (Å²) in [6, 6.07) is 7.88. The number of hydrogen-bond acceptors (Lipinski definition) is 5. The fraction of sp³-hybridized carbons (Fsp3) is 0.133. The lowest BCUT2D eigenvalue weighted by molar-refractivity contribution is -0.274. The van der Waals surface area contributed by atoms with Crippen LogP contribution in [0.25, 0.3) is 22.5 Å². The molecule has 0 saturated carbocycles. The molecule has 0 fully saturated rings. The summed E-state index contributed by atoms with van der Waals surface area (Å²) in [6.07, 6.45) is -4.79. The minimum atomic E-state index is -4.79. The molecule has 0 spiro atoms. The third-order valence-electron chi connectivity index (χ3n) is 3.19. The summed E-state index contributed by atoms with van der Waals surface area (Å²) in [6.45, 7) is -0.624. The first kappa shape index (κ1) is 16.6. The minimum Gasteiger partial charge on any atom is -0.480 e. The van der Waals surface area contributed by atoms with Crippen molar-refractivity contribution in [2.45, 2.75) is 12.9 Å². The van der Waals surface area contributed by atoms with Gasteiger partial charge in [-0.3, -0.25) is 4.79 Å². The number of halogens is 3. The summed E-state index contributed by atoms with van der Waals surface area (Å²) in [5.41, 5.74) is 0.908. The van der Waals surface area contributed by atoms with Crippen LogP contribution in [0.5, 0.6) is 5.75 Å². The standard InChI is InChI=1S/C15H9F3N2O5/c16-15(17,18)25-9-3-1-8(2-4-9)10-5-6-11-13(19-10)20(7-12(21)22)14(23)24-11/h1-6H,7H2,(H,21,22). The Kier molecular flexibility index (Phi) is 3.95. The largest absolute Gasteiger partial charge is 0.573 e. The van der Waals surface area contributed by atoms with Crippen molar-refractivity contribution in [1.29, 1.82) is 0 Å². The van der Waals surface area contributed by atoms with Crippen LogP contribution in [0.1, 0.15) is 0 Å². The lowest BCUT2D eigenvalue weighted by atomic mass is 10.1. The lowest BCUT2D eigenvalue weighted by Gasteiger charge is -2.09. The van der Waals surface area contributed by atoms with Crippen molar-refractivity contribution in [3.8, 4) is 17.0 Å². The molecule has 130 valence electrons. The first-order valence-corrected chi connectivity index (χ1v) is 6.81. The van der Waals surface area contributed by atoms with Gasteiger partial charge in [0.25, 0.3) is 0 Å². The van der Waals surface area contributed by atoms with Crippen LogP contribution in [0, 0.1) is 0 Å². The van der Waals surface area contributed by atoms with Gasteiger partial charge < -0.3 is 14.3 Å². The van der Waals surface area contributed by atoms with Gasteiger partial charge >= 0.3 is 18.1 Å². The summed E-state index contributed by atoms with van der Waals surface area (Å²) in [5.74, 6) is -2.50. The number of ether oxygens (including phenoxy) is 1. The van der Waals surface area contributed by atoms with Gasteiger partial charge in [-0.2, -0.15) is 0 Å². The first-order valence-electron chi connectivity index (χ1n) is 6.81. The molecular formula is C15H9F3N2O5. The molecule has 0 aliphatic rings. The normalized spacial score (nSPS) is 11.6. The van der Waals surface area contributed by atoms with Crippen LogP contribution in [0.3, 0.4) is 0 Å². The van der Waals surface area contributed by atoms with Crippen molar-refractivity contribution in [3.63, 3.8) is 0 Å². The molecule has 3 aromatic rings. The number of pyridine rings is 1. The molecule has 0 aliphatic heterocycles. The number of benzene rings is 1. The number of hydrogen-bond donors (Lipinski definition) is 1. The molecule has 10 heteroatoms. The Labute approximate surface area is 136 Å². The number of carboxylic acid groups (broad SMARTS) is 1. The molecule has 25 heavy (non-hydrogen) atoms. The van der Waals surface area contributed by atoms with E-state index in [9.17, 15) is 22.8 Å². The fourth-order valence-corrected chi connectivity index (χ4v) is 2.21. The molecule has 0 saturated heterocycles. The molecule has 2 heterocycles. The summed E-state index contributed by atoms with van der Waals surface area (Å²) < 4.78 is 46.0. The highest BCUT2D eigenvalue weighted by Gasteiger charge is 2.31. The SMILES string of the molecule is O=C(O)Cn1c(=O)oc2ccc(-c3ccc(OC(F)(F)F)cc3)nc21. The molecule has 0 bridgehead atoms. The molecule has 0 aliphatic carbocycles. The maximum absolute atomic E-state index is 12.2.